The number of aryl methyl sites for hydroxylation is 2. The molecular formula is C17H24ClN3. The summed E-state index contributed by atoms with van der Waals surface area (Å²) in [4.78, 5) is 4.41. The molecule has 1 aromatic heterocycles. The van der Waals surface area contributed by atoms with Crippen molar-refractivity contribution in [1.82, 2.24) is 14.9 Å². The third-order valence-corrected chi connectivity index (χ3v) is 4.03. The van der Waals surface area contributed by atoms with Gasteiger partial charge in [-0.05, 0) is 49.5 Å². The summed E-state index contributed by atoms with van der Waals surface area (Å²) in [7, 11) is 2.05. The maximum absolute atomic E-state index is 6.08. The highest BCUT2D eigenvalue weighted by molar-refractivity contribution is 6.30. The van der Waals surface area contributed by atoms with Crippen LogP contribution in [0, 0.1) is 5.92 Å². The predicted octanol–water partition coefficient (Wildman–Crippen LogP) is 3.47. The Morgan fingerprint density at radius 3 is 2.90 bits per heavy atom. The van der Waals surface area contributed by atoms with E-state index in [1.165, 1.54) is 5.56 Å². The summed E-state index contributed by atoms with van der Waals surface area (Å²) >= 11 is 6.08. The number of hydrogen-bond acceptors (Lipinski definition) is 2. The van der Waals surface area contributed by atoms with Crippen LogP contribution >= 0.6 is 11.6 Å². The quantitative estimate of drug-likeness (QED) is 0.809. The molecule has 114 valence electrons. The minimum absolute atomic E-state index is 0.597. The molecule has 1 heterocycles. The van der Waals surface area contributed by atoms with E-state index in [0.29, 0.717) is 5.92 Å². The van der Waals surface area contributed by atoms with Crippen molar-refractivity contribution < 1.29 is 0 Å². The predicted molar refractivity (Wildman–Crippen MR) is 88.7 cm³/mol. The van der Waals surface area contributed by atoms with Gasteiger partial charge in [0.25, 0.3) is 0 Å². The van der Waals surface area contributed by atoms with Crippen LogP contribution in [0.15, 0.2) is 36.7 Å². The Morgan fingerprint density at radius 2 is 2.24 bits per heavy atom. The van der Waals surface area contributed by atoms with Gasteiger partial charge in [-0.2, -0.15) is 0 Å². The largest absolute Gasteiger partial charge is 0.338 e. The molecular weight excluding hydrogens is 282 g/mol. The smallest absolute Gasteiger partial charge is 0.108 e. The van der Waals surface area contributed by atoms with Crippen LogP contribution in [0.1, 0.15) is 24.7 Å². The van der Waals surface area contributed by atoms with Crippen molar-refractivity contribution in [3.63, 3.8) is 0 Å². The Kier molecular flexibility index (Phi) is 6.27. The topological polar surface area (TPSA) is 29.9 Å². The highest BCUT2D eigenvalue weighted by Gasteiger charge is 2.11. The second kappa shape index (κ2) is 8.20. The summed E-state index contributed by atoms with van der Waals surface area (Å²) in [6, 6.07) is 8.19. The van der Waals surface area contributed by atoms with Crippen molar-refractivity contribution in [1.29, 1.82) is 0 Å². The number of hydrogen-bond donors (Lipinski definition) is 1. The van der Waals surface area contributed by atoms with E-state index in [0.717, 1.165) is 43.2 Å². The molecule has 1 unspecified atom stereocenters. The minimum atomic E-state index is 0.597. The molecule has 0 saturated heterocycles. The van der Waals surface area contributed by atoms with E-state index < -0.39 is 0 Å². The first kappa shape index (κ1) is 16.1. The number of nitrogens with one attached hydrogen (secondary N) is 1. The highest BCUT2D eigenvalue weighted by atomic mass is 35.5. The monoisotopic (exact) mass is 305 g/mol. The minimum Gasteiger partial charge on any atom is -0.338 e. The van der Waals surface area contributed by atoms with Crippen molar-refractivity contribution in [3.8, 4) is 0 Å². The lowest BCUT2D eigenvalue weighted by atomic mass is 9.94. The van der Waals surface area contributed by atoms with Gasteiger partial charge in [0.15, 0.2) is 0 Å². The van der Waals surface area contributed by atoms with Gasteiger partial charge >= 0.3 is 0 Å². The molecule has 2 aromatic rings. The van der Waals surface area contributed by atoms with Gasteiger partial charge in [-0.25, -0.2) is 4.98 Å². The SMILES string of the molecule is CCNCC(CCc1nccn1C)Cc1cccc(Cl)c1. The van der Waals surface area contributed by atoms with E-state index >= 15 is 0 Å². The standard InChI is InChI=1S/C17H24ClN3/c1-3-19-13-15(7-8-17-20-9-10-21(17)2)11-14-5-4-6-16(18)12-14/h4-6,9-10,12,15,19H,3,7-8,11,13H2,1-2H3. The summed E-state index contributed by atoms with van der Waals surface area (Å²) in [6.07, 6.45) is 7.07. The second-order valence-corrected chi connectivity index (χ2v) is 5.94. The van der Waals surface area contributed by atoms with E-state index in [1.807, 2.05) is 24.5 Å². The van der Waals surface area contributed by atoms with Crippen LogP contribution in [0.5, 0.6) is 0 Å². The molecule has 3 nitrogen and oxygen atoms in total. The number of nitrogens with zero attached hydrogens (tertiary/aromatic N) is 2. The molecule has 2 rings (SSSR count). The fourth-order valence-electron chi connectivity index (χ4n) is 2.59. The number of halogens is 1. The van der Waals surface area contributed by atoms with Crippen molar-refractivity contribution in [3.05, 3.63) is 53.1 Å². The maximum atomic E-state index is 6.08. The van der Waals surface area contributed by atoms with E-state index in [2.05, 4.69) is 41.0 Å². The first-order valence-corrected chi connectivity index (χ1v) is 7.98. The molecule has 0 radical (unpaired) electrons. The van der Waals surface area contributed by atoms with Crippen molar-refractivity contribution >= 4 is 11.6 Å². The Morgan fingerprint density at radius 1 is 1.38 bits per heavy atom. The van der Waals surface area contributed by atoms with Gasteiger partial charge in [0, 0.05) is 30.9 Å². The zero-order chi connectivity index (χ0) is 15.1. The summed E-state index contributed by atoms with van der Waals surface area (Å²) in [6.45, 7) is 4.19. The molecule has 1 N–H and O–H groups in total. The van der Waals surface area contributed by atoms with E-state index in [4.69, 9.17) is 11.6 Å². The van der Waals surface area contributed by atoms with Crippen LogP contribution in [-0.2, 0) is 19.9 Å². The van der Waals surface area contributed by atoms with Gasteiger partial charge in [-0.1, -0.05) is 30.7 Å². The Hall–Kier alpha value is -1.32. The zero-order valence-corrected chi connectivity index (χ0v) is 13.6. The van der Waals surface area contributed by atoms with Gasteiger partial charge in [-0.15, -0.1) is 0 Å². The molecule has 0 spiro atoms. The van der Waals surface area contributed by atoms with Crippen LogP contribution in [-0.4, -0.2) is 22.6 Å². The normalized spacial score (nSPS) is 12.5. The highest BCUT2D eigenvalue weighted by Crippen LogP contribution is 2.17. The van der Waals surface area contributed by atoms with Crippen LogP contribution in [0.25, 0.3) is 0 Å². The maximum Gasteiger partial charge on any atom is 0.108 e. The molecule has 0 aliphatic heterocycles. The first-order chi connectivity index (χ1) is 10.2. The fraction of sp³-hybridized carbons (Fsp3) is 0.471. The Bertz CT molecular complexity index is 550. The van der Waals surface area contributed by atoms with Crippen molar-refractivity contribution in [2.45, 2.75) is 26.2 Å². The molecule has 4 heteroatoms. The summed E-state index contributed by atoms with van der Waals surface area (Å²) < 4.78 is 2.10. The van der Waals surface area contributed by atoms with E-state index in [9.17, 15) is 0 Å². The lowest BCUT2D eigenvalue weighted by molar-refractivity contribution is 0.443. The Labute approximate surface area is 132 Å². The van der Waals surface area contributed by atoms with Crippen LogP contribution < -0.4 is 5.32 Å². The average molecular weight is 306 g/mol. The van der Waals surface area contributed by atoms with Crippen LogP contribution in [0.2, 0.25) is 5.02 Å². The molecule has 0 aliphatic rings. The molecule has 0 aliphatic carbocycles. The van der Waals surface area contributed by atoms with Gasteiger partial charge in [0.05, 0.1) is 0 Å². The third-order valence-electron chi connectivity index (χ3n) is 3.79. The fourth-order valence-corrected chi connectivity index (χ4v) is 2.81. The number of benzene rings is 1. The molecule has 0 saturated carbocycles. The van der Waals surface area contributed by atoms with Gasteiger partial charge < -0.3 is 9.88 Å². The summed E-state index contributed by atoms with van der Waals surface area (Å²) in [5, 5.41) is 4.29. The molecule has 21 heavy (non-hydrogen) atoms. The Balaban J connectivity index is 1.95. The van der Waals surface area contributed by atoms with Crippen molar-refractivity contribution in [2.24, 2.45) is 13.0 Å². The van der Waals surface area contributed by atoms with Crippen LogP contribution in [0.4, 0.5) is 0 Å². The van der Waals surface area contributed by atoms with E-state index in [-0.39, 0.29) is 0 Å². The second-order valence-electron chi connectivity index (χ2n) is 5.50. The lowest BCUT2D eigenvalue weighted by Crippen LogP contribution is -2.24. The first-order valence-electron chi connectivity index (χ1n) is 7.60. The lowest BCUT2D eigenvalue weighted by Gasteiger charge is -2.17. The molecule has 0 fully saturated rings. The molecule has 1 atom stereocenters. The molecule has 1 aromatic carbocycles. The number of aromatic nitrogens is 2. The molecule has 0 bridgehead atoms. The van der Waals surface area contributed by atoms with Gasteiger partial charge in [-0.3, -0.25) is 0 Å². The molecule has 0 amide bonds. The third kappa shape index (κ3) is 5.18. The zero-order valence-electron chi connectivity index (χ0n) is 12.8. The van der Waals surface area contributed by atoms with Gasteiger partial charge in [0.1, 0.15) is 5.82 Å². The summed E-state index contributed by atoms with van der Waals surface area (Å²) in [5.41, 5.74) is 1.31. The average Bonchev–Trinajstić information content (AvgIpc) is 2.87. The number of imidazole rings is 1. The number of rotatable bonds is 8. The van der Waals surface area contributed by atoms with E-state index in [1.54, 1.807) is 0 Å². The van der Waals surface area contributed by atoms with Crippen molar-refractivity contribution in [2.75, 3.05) is 13.1 Å². The van der Waals surface area contributed by atoms with Gasteiger partial charge in [0.2, 0.25) is 0 Å². The van der Waals surface area contributed by atoms with Crippen LogP contribution in [0.3, 0.4) is 0 Å². The summed E-state index contributed by atoms with van der Waals surface area (Å²) in [5.74, 6) is 1.75.